The molecule has 0 radical (unpaired) electrons. The van der Waals surface area contributed by atoms with Crippen LogP contribution in [0.3, 0.4) is 0 Å². The van der Waals surface area contributed by atoms with Gasteiger partial charge in [0.25, 0.3) is 5.91 Å². The average molecular weight is 337 g/mol. The van der Waals surface area contributed by atoms with Crippen LogP contribution in [-0.4, -0.2) is 39.8 Å². The zero-order valence-electron chi connectivity index (χ0n) is 13.6. The van der Waals surface area contributed by atoms with Gasteiger partial charge in [-0.3, -0.25) is 4.79 Å². The van der Waals surface area contributed by atoms with E-state index in [1.54, 1.807) is 36.1 Å². The van der Waals surface area contributed by atoms with Gasteiger partial charge < -0.3 is 9.64 Å². The fourth-order valence-corrected chi connectivity index (χ4v) is 3.32. The number of amides is 1. The summed E-state index contributed by atoms with van der Waals surface area (Å²) in [6.45, 7) is 6.45. The van der Waals surface area contributed by atoms with Crippen molar-refractivity contribution in [3.8, 4) is 0 Å². The average Bonchev–Trinajstić information content (AvgIpc) is 2.52. The third-order valence-corrected chi connectivity index (χ3v) is 5.01. The third kappa shape index (κ3) is 4.20. The first-order valence-electron chi connectivity index (χ1n) is 7.71. The minimum absolute atomic E-state index is 0.0953. The number of ether oxygens (including phenoxy) is 1. The van der Waals surface area contributed by atoms with Gasteiger partial charge in [-0.15, -0.1) is 6.58 Å². The maximum atomic E-state index is 12.6. The Morgan fingerprint density at radius 2 is 2.22 bits per heavy atom. The van der Waals surface area contributed by atoms with Gasteiger partial charge in [0.1, 0.15) is 6.10 Å². The molecular weight excluding hydrogens is 314 g/mol. The molecule has 0 saturated carbocycles. The molecule has 23 heavy (non-hydrogen) atoms. The highest BCUT2D eigenvalue weighted by Gasteiger charge is 2.27. The van der Waals surface area contributed by atoms with Gasteiger partial charge in [0.15, 0.2) is 9.84 Å². The zero-order valence-corrected chi connectivity index (χ0v) is 14.4. The number of hydrogen-bond donors (Lipinski definition) is 0. The molecule has 0 N–H and O–H groups in total. The highest BCUT2D eigenvalue weighted by molar-refractivity contribution is 7.90. The predicted octanol–water partition coefficient (Wildman–Crippen LogP) is 2.35. The van der Waals surface area contributed by atoms with Gasteiger partial charge in [0.05, 0.1) is 11.5 Å². The molecule has 1 amide bonds. The molecule has 1 aromatic rings. The van der Waals surface area contributed by atoms with Gasteiger partial charge in [-0.2, -0.15) is 0 Å². The fourth-order valence-electron chi connectivity index (χ4n) is 2.65. The van der Waals surface area contributed by atoms with Crippen molar-refractivity contribution in [2.45, 2.75) is 37.2 Å². The molecule has 1 heterocycles. The Hall–Kier alpha value is -1.66. The van der Waals surface area contributed by atoms with E-state index in [4.69, 9.17) is 4.74 Å². The summed E-state index contributed by atoms with van der Waals surface area (Å²) in [6, 6.07) is 4.95. The van der Waals surface area contributed by atoms with Crippen molar-refractivity contribution in [2.75, 3.05) is 24.3 Å². The Kier molecular flexibility index (Phi) is 5.59. The molecule has 5 nitrogen and oxygen atoms in total. The highest BCUT2D eigenvalue weighted by Crippen LogP contribution is 2.30. The lowest BCUT2D eigenvalue weighted by Gasteiger charge is -2.31. The van der Waals surface area contributed by atoms with Crippen LogP contribution in [0.1, 0.15) is 25.3 Å². The molecule has 1 aliphatic heterocycles. The van der Waals surface area contributed by atoms with Crippen LogP contribution in [0.15, 0.2) is 35.7 Å². The van der Waals surface area contributed by atoms with Crippen molar-refractivity contribution < 1.29 is 17.9 Å². The molecule has 1 unspecified atom stereocenters. The standard InChI is InChI=1S/C17H23NO4S/c1-4-5-11-22-13(2)17(19)18-10-6-7-14-12-15(23(3,20)21)8-9-16(14)18/h4,8-9,12-13H,1,5-7,10-11H2,2-3H3. The normalized spacial score (nSPS) is 15.8. The van der Waals surface area contributed by atoms with Crippen LogP contribution in [0.25, 0.3) is 0 Å². The Morgan fingerprint density at radius 3 is 2.87 bits per heavy atom. The van der Waals surface area contributed by atoms with Gasteiger partial charge >= 0.3 is 0 Å². The number of nitrogens with zero attached hydrogens (tertiary/aromatic N) is 1. The largest absolute Gasteiger partial charge is 0.368 e. The van der Waals surface area contributed by atoms with E-state index in [1.165, 1.54) is 6.26 Å². The smallest absolute Gasteiger partial charge is 0.255 e. The first-order valence-corrected chi connectivity index (χ1v) is 9.60. The van der Waals surface area contributed by atoms with E-state index in [9.17, 15) is 13.2 Å². The number of aryl methyl sites for hydroxylation is 1. The Labute approximate surface area is 137 Å². The van der Waals surface area contributed by atoms with E-state index in [2.05, 4.69) is 6.58 Å². The maximum absolute atomic E-state index is 12.6. The molecule has 1 aromatic carbocycles. The fraction of sp³-hybridized carbons (Fsp3) is 0.471. The van der Waals surface area contributed by atoms with Gasteiger partial charge in [-0.1, -0.05) is 6.08 Å². The van der Waals surface area contributed by atoms with Crippen LogP contribution in [-0.2, 0) is 25.8 Å². The molecule has 1 atom stereocenters. The van der Waals surface area contributed by atoms with Crippen LogP contribution in [0, 0.1) is 0 Å². The second-order valence-corrected chi connectivity index (χ2v) is 7.76. The summed E-state index contributed by atoms with van der Waals surface area (Å²) in [6.07, 6.45) is 4.69. The molecule has 1 aliphatic rings. The quantitative estimate of drug-likeness (QED) is 0.590. The molecule has 0 aliphatic carbocycles. The first kappa shape index (κ1) is 17.7. The number of anilines is 1. The SMILES string of the molecule is C=CCCOC(C)C(=O)N1CCCc2cc(S(C)(=O)=O)ccc21. The van der Waals surface area contributed by atoms with Crippen LogP contribution in [0.2, 0.25) is 0 Å². The molecule has 6 heteroatoms. The first-order chi connectivity index (χ1) is 10.8. The Balaban J connectivity index is 2.21. The van der Waals surface area contributed by atoms with Crippen LogP contribution < -0.4 is 4.90 Å². The summed E-state index contributed by atoms with van der Waals surface area (Å²) in [4.78, 5) is 14.6. The highest BCUT2D eigenvalue weighted by atomic mass is 32.2. The number of sulfone groups is 1. The van der Waals surface area contributed by atoms with Gasteiger partial charge in [-0.25, -0.2) is 8.42 Å². The van der Waals surface area contributed by atoms with E-state index >= 15 is 0 Å². The monoisotopic (exact) mass is 337 g/mol. The zero-order chi connectivity index (χ0) is 17.0. The van der Waals surface area contributed by atoms with E-state index in [1.807, 2.05) is 0 Å². The summed E-state index contributed by atoms with van der Waals surface area (Å²) in [5.41, 5.74) is 1.68. The second-order valence-electron chi connectivity index (χ2n) is 5.75. The number of carbonyl (C=O) groups excluding carboxylic acids is 1. The number of hydrogen-bond acceptors (Lipinski definition) is 4. The van der Waals surface area contributed by atoms with E-state index in [0.29, 0.717) is 24.5 Å². The predicted molar refractivity (Wildman–Crippen MR) is 90.5 cm³/mol. The van der Waals surface area contributed by atoms with E-state index in [-0.39, 0.29) is 5.91 Å². The van der Waals surface area contributed by atoms with Gasteiger partial charge in [0.2, 0.25) is 0 Å². The lowest BCUT2D eigenvalue weighted by atomic mass is 10.0. The van der Waals surface area contributed by atoms with E-state index < -0.39 is 15.9 Å². The summed E-state index contributed by atoms with van der Waals surface area (Å²) >= 11 is 0. The number of benzene rings is 1. The van der Waals surface area contributed by atoms with Crippen molar-refractivity contribution in [1.29, 1.82) is 0 Å². The summed E-state index contributed by atoms with van der Waals surface area (Å²) in [5, 5.41) is 0. The number of fused-ring (bicyclic) bond motifs is 1. The Bertz CT molecular complexity index is 697. The second kappa shape index (κ2) is 7.27. The summed E-state index contributed by atoms with van der Waals surface area (Å²) in [5.74, 6) is -0.0953. The van der Waals surface area contributed by atoms with Crippen molar-refractivity contribution in [3.63, 3.8) is 0 Å². The number of rotatable bonds is 6. The topological polar surface area (TPSA) is 63.7 Å². The van der Waals surface area contributed by atoms with Crippen LogP contribution >= 0.6 is 0 Å². The minimum atomic E-state index is -3.24. The maximum Gasteiger partial charge on any atom is 0.255 e. The van der Waals surface area contributed by atoms with Crippen molar-refractivity contribution in [1.82, 2.24) is 0 Å². The molecule has 126 valence electrons. The molecule has 0 bridgehead atoms. The molecule has 0 fully saturated rings. The van der Waals surface area contributed by atoms with Crippen molar-refractivity contribution >= 4 is 21.4 Å². The number of carbonyl (C=O) groups is 1. The van der Waals surface area contributed by atoms with Crippen LogP contribution in [0.4, 0.5) is 5.69 Å². The lowest BCUT2D eigenvalue weighted by molar-refractivity contribution is -0.129. The van der Waals surface area contributed by atoms with Gasteiger partial charge in [-0.05, 0) is 49.9 Å². The molecular formula is C17H23NO4S. The minimum Gasteiger partial charge on any atom is -0.368 e. The molecule has 0 saturated heterocycles. The summed E-state index contributed by atoms with van der Waals surface area (Å²) in [7, 11) is -3.24. The molecule has 2 rings (SSSR count). The summed E-state index contributed by atoms with van der Waals surface area (Å²) < 4.78 is 28.9. The van der Waals surface area contributed by atoms with Gasteiger partial charge in [0, 0.05) is 18.5 Å². The van der Waals surface area contributed by atoms with E-state index in [0.717, 1.165) is 24.1 Å². The van der Waals surface area contributed by atoms with Crippen molar-refractivity contribution in [2.24, 2.45) is 0 Å². The lowest BCUT2D eigenvalue weighted by Crippen LogP contribution is -2.42. The Morgan fingerprint density at radius 1 is 1.48 bits per heavy atom. The molecule has 0 spiro atoms. The molecule has 0 aromatic heterocycles. The van der Waals surface area contributed by atoms with Crippen molar-refractivity contribution in [3.05, 3.63) is 36.4 Å². The van der Waals surface area contributed by atoms with Crippen LogP contribution in [0.5, 0.6) is 0 Å². The third-order valence-electron chi connectivity index (χ3n) is 3.90.